The maximum absolute atomic E-state index is 10.3. The second-order valence-electron chi connectivity index (χ2n) is 5.25. The van der Waals surface area contributed by atoms with E-state index < -0.39 is 6.10 Å². The Morgan fingerprint density at radius 2 is 2.00 bits per heavy atom. The molecule has 3 N–H and O–H groups in total. The van der Waals surface area contributed by atoms with Crippen molar-refractivity contribution < 1.29 is 5.11 Å². The number of benzene rings is 1. The highest BCUT2D eigenvalue weighted by atomic mass is 35.5. The summed E-state index contributed by atoms with van der Waals surface area (Å²) in [6.45, 7) is 3.70. The van der Waals surface area contributed by atoms with Gasteiger partial charge in [0.25, 0.3) is 0 Å². The molecule has 0 amide bonds. The van der Waals surface area contributed by atoms with Gasteiger partial charge in [-0.25, -0.2) is 0 Å². The Balaban J connectivity index is 1.89. The fourth-order valence-corrected chi connectivity index (χ4v) is 2.48. The first-order valence-corrected chi connectivity index (χ1v) is 8.43. The third-order valence-electron chi connectivity index (χ3n) is 3.43. The van der Waals surface area contributed by atoms with Crippen molar-refractivity contribution in [3.8, 4) is 0 Å². The topological polar surface area (TPSA) is 69.5 Å². The molecule has 128 valence electrons. The van der Waals surface area contributed by atoms with Crippen LogP contribution in [-0.4, -0.2) is 35.7 Å². The summed E-state index contributed by atoms with van der Waals surface area (Å²) >= 11 is 6.10. The van der Waals surface area contributed by atoms with E-state index in [1.54, 1.807) is 12.3 Å². The first-order valence-electron chi connectivity index (χ1n) is 8.05. The second kappa shape index (κ2) is 9.90. The number of aliphatic hydroxyl groups is 1. The molecule has 1 aromatic carbocycles. The van der Waals surface area contributed by atoms with Crippen LogP contribution in [0.25, 0.3) is 0 Å². The molecule has 2 aromatic rings. The number of nitrogens with one attached hydrogen (secondary N) is 2. The SMILES string of the molecule is CCNC(=NCC(O)c1ccccc1Cl)NCCc1ccccn1. The van der Waals surface area contributed by atoms with Crippen LogP contribution in [0.2, 0.25) is 5.02 Å². The molecule has 0 aliphatic rings. The Labute approximate surface area is 147 Å². The van der Waals surface area contributed by atoms with E-state index in [0.717, 1.165) is 18.7 Å². The third kappa shape index (κ3) is 5.83. The van der Waals surface area contributed by atoms with Gasteiger partial charge in [0.1, 0.15) is 6.10 Å². The number of nitrogens with zero attached hydrogens (tertiary/aromatic N) is 2. The lowest BCUT2D eigenvalue weighted by molar-refractivity contribution is 0.187. The summed E-state index contributed by atoms with van der Waals surface area (Å²) in [5.74, 6) is 0.666. The first kappa shape index (κ1) is 18.2. The minimum absolute atomic E-state index is 0.239. The normalized spacial score (nSPS) is 12.7. The number of aliphatic imine (C=N–C) groups is 1. The van der Waals surface area contributed by atoms with Crippen molar-refractivity contribution in [1.82, 2.24) is 15.6 Å². The van der Waals surface area contributed by atoms with Gasteiger partial charge in [-0.05, 0) is 25.1 Å². The maximum Gasteiger partial charge on any atom is 0.191 e. The fraction of sp³-hybridized carbons (Fsp3) is 0.333. The molecule has 24 heavy (non-hydrogen) atoms. The van der Waals surface area contributed by atoms with Gasteiger partial charge < -0.3 is 15.7 Å². The standard InChI is InChI=1S/C18H23ClN4O/c1-2-20-18(22-12-10-14-7-5-6-11-21-14)23-13-17(24)15-8-3-4-9-16(15)19/h3-9,11,17,24H,2,10,12-13H2,1H3,(H2,20,22,23). The van der Waals surface area contributed by atoms with E-state index in [0.29, 0.717) is 23.1 Å². The van der Waals surface area contributed by atoms with Crippen LogP contribution in [0, 0.1) is 0 Å². The molecule has 0 fully saturated rings. The molecule has 1 atom stereocenters. The van der Waals surface area contributed by atoms with Gasteiger partial charge in [0, 0.05) is 42.0 Å². The molecule has 1 aromatic heterocycles. The number of aliphatic hydroxyl groups excluding tert-OH is 1. The molecule has 2 rings (SSSR count). The molecule has 5 nitrogen and oxygen atoms in total. The molecule has 0 radical (unpaired) electrons. The molecule has 0 saturated carbocycles. The Kier molecular flexibility index (Phi) is 7.52. The molecule has 1 heterocycles. The van der Waals surface area contributed by atoms with Crippen LogP contribution in [0.5, 0.6) is 0 Å². The average molecular weight is 347 g/mol. The summed E-state index contributed by atoms with van der Waals surface area (Å²) in [6, 6.07) is 13.1. The van der Waals surface area contributed by atoms with Gasteiger partial charge in [-0.3, -0.25) is 9.98 Å². The van der Waals surface area contributed by atoms with Crippen molar-refractivity contribution in [3.63, 3.8) is 0 Å². The van der Waals surface area contributed by atoms with Gasteiger partial charge >= 0.3 is 0 Å². The lowest BCUT2D eigenvalue weighted by Crippen LogP contribution is -2.38. The first-order chi connectivity index (χ1) is 11.7. The van der Waals surface area contributed by atoms with E-state index in [1.807, 2.05) is 43.3 Å². The number of hydrogen-bond donors (Lipinski definition) is 3. The quantitative estimate of drug-likeness (QED) is 0.532. The summed E-state index contributed by atoms with van der Waals surface area (Å²) in [7, 11) is 0. The summed E-state index contributed by atoms with van der Waals surface area (Å²) in [5.41, 5.74) is 1.71. The second-order valence-corrected chi connectivity index (χ2v) is 5.66. The number of hydrogen-bond acceptors (Lipinski definition) is 3. The van der Waals surface area contributed by atoms with E-state index >= 15 is 0 Å². The van der Waals surface area contributed by atoms with Crippen LogP contribution in [0.15, 0.2) is 53.7 Å². The zero-order valence-corrected chi connectivity index (χ0v) is 14.5. The zero-order chi connectivity index (χ0) is 17.2. The lowest BCUT2D eigenvalue weighted by atomic mass is 10.1. The van der Waals surface area contributed by atoms with Crippen LogP contribution < -0.4 is 10.6 Å². The Morgan fingerprint density at radius 3 is 2.71 bits per heavy atom. The average Bonchev–Trinajstić information content (AvgIpc) is 2.60. The molecular formula is C18H23ClN4O. The molecule has 0 saturated heterocycles. The van der Waals surface area contributed by atoms with Gasteiger partial charge in [0.2, 0.25) is 0 Å². The number of pyridine rings is 1. The molecular weight excluding hydrogens is 324 g/mol. The third-order valence-corrected chi connectivity index (χ3v) is 3.77. The van der Waals surface area contributed by atoms with Crippen molar-refractivity contribution >= 4 is 17.6 Å². The van der Waals surface area contributed by atoms with E-state index in [1.165, 1.54) is 0 Å². The van der Waals surface area contributed by atoms with Crippen molar-refractivity contribution in [2.45, 2.75) is 19.4 Å². The summed E-state index contributed by atoms with van der Waals surface area (Å²) < 4.78 is 0. The summed E-state index contributed by atoms with van der Waals surface area (Å²) in [6.07, 6.45) is 1.86. The van der Waals surface area contributed by atoms with Crippen molar-refractivity contribution in [2.24, 2.45) is 4.99 Å². The predicted molar refractivity (Wildman–Crippen MR) is 98.3 cm³/mol. The van der Waals surface area contributed by atoms with Gasteiger partial charge in [-0.1, -0.05) is 35.9 Å². The predicted octanol–water partition coefficient (Wildman–Crippen LogP) is 2.57. The fourth-order valence-electron chi connectivity index (χ4n) is 2.22. The highest BCUT2D eigenvalue weighted by Crippen LogP contribution is 2.22. The monoisotopic (exact) mass is 346 g/mol. The van der Waals surface area contributed by atoms with Crippen LogP contribution >= 0.6 is 11.6 Å². The molecule has 0 aliphatic carbocycles. The largest absolute Gasteiger partial charge is 0.386 e. The Hall–Kier alpha value is -2.11. The highest BCUT2D eigenvalue weighted by Gasteiger charge is 2.10. The van der Waals surface area contributed by atoms with E-state index in [9.17, 15) is 5.11 Å². The molecule has 0 spiro atoms. The molecule has 6 heteroatoms. The van der Waals surface area contributed by atoms with Gasteiger partial charge in [0.05, 0.1) is 6.54 Å². The Morgan fingerprint density at radius 1 is 1.21 bits per heavy atom. The van der Waals surface area contributed by atoms with Crippen LogP contribution in [0.4, 0.5) is 0 Å². The van der Waals surface area contributed by atoms with Crippen molar-refractivity contribution in [1.29, 1.82) is 0 Å². The van der Waals surface area contributed by atoms with Crippen molar-refractivity contribution in [2.75, 3.05) is 19.6 Å². The van der Waals surface area contributed by atoms with Gasteiger partial charge in [-0.2, -0.15) is 0 Å². The van der Waals surface area contributed by atoms with Crippen LogP contribution in [0.3, 0.4) is 0 Å². The summed E-state index contributed by atoms with van der Waals surface area (Å²) in [5, 5.41) is 17.2. The summed E-state index contributed by atoms with van der Waals surface area (Å²) in [4.78, 5) is 8.72. The molecule has 0 bridgehead atoms. The highest BCUT2D eigenvalue weighted by molar-refractivity contribution is 6.31. The van der Waals surface area contributed by atoms with Crippen LogP contribution in [-0.2, 0) is 6.42 Å². The van der Waals surface area contributed by atoms with E-state index in [2.05, 4.69) is 20.6 Å². The van der Waals surface area contributed by atoms with Crippen LogP contribution in [0.1, 0.15) is 24.3 Å². The number of rotatable bonds is 7. The minimum atomic E-state index is -0.732. The van der Waals surface area contributed by atoms with E-state index in [-0.39, 0.29) is 6.54 Å². The zero-order valence-electron chi connectivity index (χ0n) is 13.7. The van der Waals surface area contributed by atoms with E-state index in [4.69, 9.17) is 11.6 Å². The maximum atomic E-state index is 10.3. The minimum Gasteiger partial charge on any atom is -0.386 e. The van der Waals surface area contributed by atoms with Crippen molar-refractivity contribution in [3.05, 3.63) is 64.9 Å². The molecule has 1 unspecified atom stereocenters. The smallest absolute Gasteiger partial charge is 0.191 e. The Bertz CT molecular complexity index is 648. The number of halogens is 1. The lowest BCUT2D eigenvalue weighted by Gasteiger charge is -2.14. The number of aromatic nitrogens is 1. The number of guanidine groups is 1. The van der Waals surface area contributed by atoms with Gasteiger partial charge in [-0.15, -0.1) is 0 Å². The molecule has 0 aliphatic heterocycles. The van der Waals surface area contributed by atoms with Gasteiger partial charge in [0.15, 0.2) is 5.96 Å².